The maximum Gasteiger partial charge on any atom is 0.167 e. The lowest BCUT2D eigenvalue weighted by Crippen LogP contribution is -2.33. The predicted octanol–water partition coefficient (Wildman–Crippen LogP) is 3.81. The number of benzene rings is 1. The molecule has 0 radical (unpaired) electrons. The van der Waals surface area contributed by atoms with E-state index >= 15 is 0 Å². The van der Waals surface area contributed by atoms with E-state index in [0.29, 0.717) is 27.4 Å². The van der Waals surface area contributed by atoms with Gasteiger partial charge in [-0.3, -0.25) is 4.79 Å². The van der Waals surface area contributed by atoms with Crippen molar-refractivity contribution >= 4 is 17.5 Å². The molecule has 3 nitrogen and oxygen atoms in total. The van der Waals surface area contributed by atoms with Crippen LogP contribution >= 0.6 is 11.8 Å². The van der Waals surface area contributed by atoms with Gasteiger partial charge in [-0.1, -0.05) is 12.5 Å². The number of carbonyl (C=O) groups is 1. The maximum absolute atomic E-state index is 12.9. The molecule has 110 valence electrons. The summed E-state index contributed by atoms with van der Waals surface area (Å²) in [5.41, 5.74) is 0.917. The van der Waals surface area contributed by atoms with Crippen molar-refractivity contribution in [2.45, 2.75) is 42.6 Å². The summed E-state index contributed by atoms with van der Waals surface area (Å²) in [6.45, 7) is 0. The minimum Gasteiger partial charge on any atom is -0.495 e. The molecule has 2 atom stereocenters. The summed E-state index contributed by atoms with van der Waals surface area (Å²) in [6, 6.07) is 7.43. The standard InChI is InChI=1S/C17H19NO2S/c1-20-16-7-3-6-14(15(16)10-18)17(19)11-8-12-4-2-5-13(9-11)21-12/h3,6-7,11-13H,2,4-5,8-9H2,1H3. The van der Waals surface area contributed by atoms with E-state index in [1.165, 1.54) is 26.4 Å². The minimum atomic E-state index is 0.0701. The zero-order chi connectivity index (χ0) is 14.8. The van der Waals surface area contributed by atoms with Gasteiger partial charge in [-0.25, -0.2) is 0 Å². The highest BCUT2D eigenvalue weighted by Crippen LogP contribution is 2.45. The van der Waals surface area contributed by atoms with Crippen LogP contribution < -0.4 is 4.74 Å². The fourth-order valence-electron chi connectivity index (χ4n) is 3.52. The summed E-state index contributed by atoms with van der Waals surface area (Å²) < 4.78 is 5.21. The van der Waals surface area contributed by atoms with Crippen molar-refractivity contribution in [3.8, 4) is 11.8 Å². The number of rotatable bonds is 3. The minimum absolute atomic E-state index is 0.0701. The molecule has 2 saturated heterocycles. The van der Waals surface area contributed by atoms with Gasteiger partial charge in [-0.05, 0) is 37.8 Å². The lowest BCUT2D eigenvalue weighted by atomic mass is 9.83. The van der Waals surface area contributed by atoms with Crippen LogP contribution in [0.1, 0.15) is 48.0 Å². The second-order valence-electron chi connectivity index (χ2n) is 5.84. The van der Waals surface area contributed by atoms with E-state index < -0.39 is 0 Å². The smallest absolute Gasteiger partial charge is 0.167 e. The largest absolute Gasteiger partial charge is 0.495 e. The Balaban J connectivity index is 1.87. The van der Waals surface area contributed by atoms with Gasteiger partial charge in [-0.15, -0.1) is 0 Å². The molecule has 0 amide bonds. The fraction of sp³-hybridized carbons (Fsp3) is 0.529. The van der Waals surface area contributed by atoms with Crippen LogP contribution in [-0.4, -0.2) is 23.4 Å². The molecule has 0 aliphatic carbocycles. The van der Waals surface area contributed by atoms with Crippen molar-refractivity contribution < 1.29 is 9.53 Å². The fourth-order valence-corrected chi connectivity index (χ4v) is 5.35. The number of carbonyl (C=O) groups excluding carboxylic acids is 1. The third-order valence-electron chi connectivity index (χ3n) is 4.53. The second kappa shape index (κ2) is 6.11. The molecule has 4 heteroatoms. The van der Waals surface area contributed by atoms with E-state index in [1.54, 1.807) is 18.2 Å². The summed E-state index contributed by atoms with van der Waals surface area (Å²) >= 11 is 2.07. The lowest BCUT2D eigenvalue weighted by molar-refractivity contribution is 0.0896. The van der Waals surface area contributed by atoms with Crippen molar-refractivity contribution in [3.05, 3.63) is 29.3 Å². The molecule has 2 bridgehead atoms. The Morgan fingerprint density at radius 2 is 2.05 bits per heavy atom. The van der Waals surface area contributed by atoms with Crippen LogP contribution in [0.25, 0.3) is 0 Å². The van der Waals surface area contributed by atoms with Gasteiger partial charge >= 0.3 is 0 Å². The number of fused-ring (bicyclic) bond motifs is 2. The first-order valence-electron chi connectivity index (χ1n) is 7.49. The number of hydrogen-bond acceptors (Lipinski definition) is 4. The van der Waals surface area contributed by atoms with Gasteiger partial charge in [0.2, 0.25) is 0 Å². The zero-order valence-electron chi connectivity index (χ0n) is 12.2. The molecular formula is C17H19NO2S. The van der Waals surface area contributed by atoms with Crippen molar-refractivity contribution in [2.24, 2.45) is 5.92 Å². The van der Waals surface area contributed by atoms with E-state index in [1.807, 2.05) is 0 Å². The number of thioether (sulfide) groups is 1. The number of hydrogen-bond donors (Lipinski definition) is 0. The zero-order valence-corrected chi connectivity index (χ0v) is 13.0. The highest BCUT2D eigenvalue weighted by Gasteiger charge is 2.36. The van der Waals surface area contributed by atoms with Crippen molar-refractivity contribution in [1.82, 2.24) is 0 Å². The molecule has 1 aromatic carbocycles. The molecule has 2 heterocycles. The van der Waals surface area contributed by atoms with E-state index in [4.69, 9.17) is 4.74 Å². The van der Waals surface area contributed by atoms with Crippen LogP contribution in [-0.2, 0) is 0 Å². The Bertz CT molecular complexity index is 581. The third-order valence-corrected chi connectivity index (χ3v) is 6.15. The Labute approximate surface area is 129 Å². The van der Waals surface area contributed by atoms with Crippen LogP contribution in [0.4, 0.5) is 0 Å². The van der Waals surface area contributed by atoms with Gasteiger partial charge in [0.15, 0.2) is 5.78 Å². The highest BCUT2D eigenvalue weighted by molar-refractivity contribution is 8.00. The molecule has 0 N–H and O–H groups in total. The molecule has 2 unspecified atom stereocenters. The number of ether oxygens (including phenoxy) is 1. The Morgan fingerprint density at radius 1 is 1.33 bits per heavy atom. The monoisotopic (exact) mass is 301 g/mol. The molecule has 0 aromatic heterocycles. The van der Waals surface area contributed by atoms with Crippen LogP contribution in [0.3, 0.4) is 0 Å². The van der Waals surface area contributed by atoms with Crippen molar-refractivity contribution in [3.63, 3.8) is 0 Å². The quantitative estimate of drug-likeness (QED) is 0.797. The molecule has 21 heavy (non-hydrogen) atoms. The number of ketones is 1. The van der Waals surface area contributed by atoms with Crippen LogP contribution in [0.2, 0.25) is 0 Å². The number of nitriles is 1. The van der Waals surface area contributed by atoms with E-state index in [9.17, 15) is 10.1 Å². The van der Waals surface area contributed by atoms with E-state index in [2.05, 4.69) is 17.8 Å². The average Bonchev–Trinajstić information content (AvgIpc) is 2.52. The van der Waals surface area contributed by atoms with Gasteiger partial charge in [0.1, 0.15) is 17.4 Å². The molecule has 2 aliphatic heterocycles. The van der Waals surface area contributed by atoms with Crippen LogP contribution in [0.15, 0.2) is 18.2 Å². The molecule has 0 spiro atoms. The summed E-state index contributed by atoms with van der Waals surface area (Å²) in [7, 11) is 1.53. The highest BCUT2D eigenvalue weighted by atomic mass is 32.2. The summed E-state index contributed by atoms with van der Waals surface area (Å²) in [4.78, 5) is 12.9. The predicted molar refractivity (Wildman–Crippen MR) is 83.8 cm³/mol. The van der Waals surface area contributed by atoms with Gasteiger partial charge in [0.25, 0.3) is 0 Å². The molecular weight excluding hydrogens is 282 g/mol. The normalized spacial score (nSPS) is 27.7. The number of nitrogens with zero attached hydrogens (tertiary/aromatic N) is 1. The topological polar surface area (TPSA) is 50.1 Å². The summed E-state index contributed by atoms with van der Waals surface area (Å²) in [5, 5.41) is 10.6. The number of methoxy groups -OCH3 is 1. The van der Waals surface area contributed by atoms with Gasteiger partial charge in [0, 0.05) is 22.0 Å². The molecule has 2 aliphatic rings. The molecule has 0 saturated carbocycles. The number of Topliss-reactive ketones (excluding diaryl/α,β-unsaturated/α-hetero) is 1. The first-order chi connectivity index (χ1) is 10.2. The SMILES string of the molecule is COc1cccc(C(=O)C2CC3CCCC(C2)S3)c1C#N. The Morgan fingerprint density at radius 3 is 2.67 bits per heavy atom. The third kappa shape index (κ3) is 2.80. The Kier molecular flexibility index (Phi) is 4.21. The molecule has 3 rings (SSSR count). The van der Waals surface area contributed by atoms with Crippen molar-refractivity contribution in [2.75, 3.05) is 7.11 Å². The van der Waals surface area contributed by atoms with Gasteiger partial charge in [0.05, 0.1) is 7.11 Å². The summed E-state index contributed by atoms with van der Waals surface area (Å²) in [6.07, 6.45) is 5.68. The van der Waals surface area contributed by atoms with Crippen LogP contribution in [0, 0.1) is 17.2 Å². The molecule has 1 aromatic rings. The summed E-state index contributed by atoms with van der Waals surface area (Å²) in [5.74, 6) is 0.692. The van der Waals surface area contributed by atoms with E-state index in [-0.39, 0.29) is 11.7 Å². The maximum atomic E-state index is 12.9. The van der Waals surface area contributed by atoms with Gasteiger partial charge in [-0.2, -0.15) is 17.0 Å². The molecule has 2 fully saturated rings. The van der Waals surface area contributed by atoms with Crippen LogP contribution in [0.5, 0.6) is 5.75 Å². The lowest BCUT2D eigenvalue weighted by Gasteiger charge is -2.38. The second-order valence-corrected chi connectivity index (χ2v) is 7.44. The van der Waals surface area contributed by atoms with Gasteiger partial charge < -0.3 is 4.74 Å². The van der Waals surface area contributed by atoms with Crippen molar-refractivity contribution in [1.29, 1.82) is 5.26 Å². The first-order valence-corrected chi connectivity index (χ1v) is 8.44. The first kappa shape index (κ1) is 14.5. The van der Waals surface area contributed by atoms with E-state index in [0.717, 1.165) is 12.8 Å². The Hall–Kier alpha value is -1.47. The average molecular weight is 301 g/mol.